The molecule has 0 aliphatic carbocycles. The van der Waals surface area contributed by atoms with Crippen LogP contribution in [0.25, 0.3) is 0 Å². The van der Waals surface area contributed by atoms with Gasteiger partial charge in [0.05, 0.1) is 4.90 Å². The van der Waals surface area contributed by atoms with Gasteiger partial charge in [0, 0.05) is 25.5 Å². The number of pyridine rings is 1. The average molecular weight is 470 g/mol. The predicted octanol–water partition coefficient (Wildman–Crippen LogP) is 2.41. The number of aromatic nitrogens is 1. The molecule has 0 saturated carbocycles. The van der Waals surface area contributed by atoms with Crippen LogP contribution in [0.4, 0.5) is 9.18 Å². The Morgan fingerprint density at radius 3 is 2.24 bits per heavy atom. The SMILES string of the molecule is O=C1NC(=O)C(CN(Cc2cccnc2)S(=O)(=O)c2ccc(Oc3ccc(F)cc3)cc2)N1. The molecule has 2 aromatic carbocycles. The van der Waals surface area contributed by atoms with Crippen molar-refractivity contribution >= 4 is 22.0 Å². The molecule has 4 rings (SSSR count). The number of halogens is 1. The molecule has 3 amide bonds. The summed E-state index contributed by atoms with van der Waals surface area (Å²) in [6.45, 7) is -0.313. The number of hydrogen-bond acceptors (Lipinski definition) is 6. The van der Waals surface area contributed by atoms with Gasteiger partial charge in [-0.15, -0.1) is 0 Å². The summed E-state index contributed by atoms with van der Waals surface area (Å²) in [6, 6.07) is 12.8. The van der Waals surface area contributed by atoms with Gasteiger partial charge in [-0.2, -0.15) is 4.31 Å². The third-order valence-corrected chi connectivity index (χ3v) is 6.66. The van der Waals surface area contributed by atoms with Crippen molar-refractivity contribution in [2.75, 3.05) is 6.54 Å². The zero-order chi connectivity index (χ0) is 23.4. The molecule has 1 saturated heterocycles. The quantitative estimate of drug-likeness (QED) is 0.488. The maximum Gasteiger partial charge on any atom is 0.322 e. The minimum Gasteiger partial charge on any atom is -0.457 e. The molecule has 3 aromatic rings. The molecule has 9 nitrogen and oxygen atoms in total. The molecule has 0 bridgehead atoms. The van der Waals surface area contributed by atoms with Gasteiger partial charge < -0.3 is 10.1 Å². The number of nitrogens with one attached hydrogen (secondary N) is 2. The van der Waals surface area contributed by atoms with E-state index in [1.165, 1.54) is 54.7 Å². The Hall–Kier alpha value is -3.83. The number of carbonyl (C=O) groups excluding carboxylic acids is 2. The number of nitrogens with zero attached hydrogens (tertiary/aromatic N) is 2. The fourth-order valence-corrected chi connectivity index (χ4v) is 4.64. The minimum atomic E-state index is -4.05. The maximum absolute atomic E-state index is 13.4. The summed E-state index contributed by atoms with van der Waals surface area (Å²) < 4.78 is 46.6. The number of carbonyl (C=O) groups is 2. The van der Waals surface area contributed by atoms with Gasteiger partial charge in [-0.1, -0.05) is 6.07 Å². The Bertz CT molecular complexity index is 1250. The van der Waals surface area contributed by atoms with Gasteiger partial charge in [0.15, 0.2) is 0 Å². The van der Waals surface area contributed by atoms with Gasteiger partial charge in [0.25, 0.3) is 5.91 Å². The molecule has 1 aliphatic heterocycles. The van der Waals surface area contributed by atoms with E-state index in [0.29, 0.717) is 17.1 Å². The van der Waals surface area contributed by atoms with E-state index in [-0.39, 0.29) is 18.0 Å². The zero-order valence-electron chi connectivity index (χ0n) is 17.1. The van der Waals surface area contributed by atoms with Crippen LogP contribution in [0.3, 0.4) is 0 Å². The maximum atomic E-state index is 13.4. The molecular weight excluding hydrogens is 451 g/mol. The number of hydrogen-bond donors (Lipinski definition) is 2. The first-order valence-electron chi connectivity index (χ1n) is 9.85. The number of sulfonamides is 1. The summed E-state index contributed by atoms with van der Waals surface area (Å²) >= 11 is 0. The Morgan fingerprint density at radius 1 is 1.00 bits per heavy atom. The molecule has 1 atom stereocenters. The standard InChI is InChI=1S/C22H19FN4O5S/c23-16-3-5-17(6-4-16)32-18-7-9-19(10-8-18)33(30,31)27(13-15-2-1-11-24-12-15)14-20-21(28)26-22(29)25-20/h1-12,20H,13-14H2,(H2,25,26,28,29). The summed E-state index contributed by atoms with van der Waals surface area (Å²) in [6.07, 6.45) is 3.09. The monoisotopic (exact) mass is 470 g/mol. The van der Waals surface area contributed by atoms with Crippen LogP contribution in [0.2, 0.25) is 0 Å². The molecule has 33 heavy (non-hydrogen) atoms. The Kier molecular flexibility index (Phi) is 6.33. The van der Waals surface area contributed by atoms with Crippen LogP contribution in [-0.2, 0) is 21.4 Å². The van der Waals surface area contributed by atoms with Crippen molar-refractivity contribution in [3.05, 3.63) is 84.4 Å². The zero-order valence-corrected chi connectivity index (χ0v) is 18.0. The third kappa shape index (κ3) is 5.33. The highest BCUT2D eigenvalue weighted by atomic mass is 32.2. The van der Waals surface area contributed by atoms with E-state index in [9.17, 15) is 22.4 Å². The van der Waals surface area contributed by atoms with E-state index in [0.717, 1.165) is 4.31 Å². The summed E-state index contributed by atoms with van der Waals surface area (Å²) in [5, 5.41) is 4.51. The molecule has 11 heteroatoms. The number of urea groups is 1. The lowest BCUT2D eigenvalue weighted by atomic mass is 10.2. The van der Waals surface area contributed by atoms with Crippen molar-refractivity contribution < 1.29 is 27.1 Å². The second-order valence-corrected chi connectivity index (χ2v) is 9.14. The van der Waals surface area contributed by atoms with E-state index in [4.69, 9.17) is 4.74 Å². The summed E-state index contributed by atoms with van der Waals surface area (Å²) in [7, 11) is -4.05. The van der Waals surface area contributed by atoms with Crippen molar-refractivity contribution in [3.8, 4) is 11.5 Å². The molecule has 1 aromatic heterocycles. The number of ether oxygens (including phenoxy) is 1. The van der Waals surface area contributed by atoms with Gasteiger partial charge in [0.2, 0.25) is 10.0 Å². The number of amides is 3. The molecule has 0 radical (unpaired) electrons. The highest BCUT2D eigenvalue weighted by Crippen LogP contribution is 2.25. The average Bonchev–Trinajstić information content (AvgIpc) is 3.12. The Morgan fingerprint density at radius 2 is 1.67 bits per heavy atom. The smallest absolute Gasteiger partial charge is 0.322 e. The second-order valence-electron chi connectivity index (χ2n) is 7.20. The van der Waals surface area contributed by atoms with Crippen LogP contribution in [0.15, 0.2) is 78.0 Å². The Balaban J connectivity index is 1.57. The van der Waals surface area contributed by atoms with Gasteiger partial charge in [-0.05, 0) is 60.2 Å². The van der Waals surface area contributed by atoms with Crippen molar-refractivity contribution in [1.82, 2.24) is 19.9 Å². The normalized spacial score (nSPS) is 15.9. The van der Waals surface area contributed by atoms with Crippen LogP contribution >= 0.6 is 0 Å². The first kappa shape index (κ1) is 22.4. The lowest BCUT2D eigenvalue weighted by Gasteiger charge is -2.24. The van der Waals surface area contributed by atoms with Crippen molar-refractivity contribution in [2.24, 2.45) is 0 Å². The molecule has 2 heterocycles. The van der Waals surface area contributed by atoms with E-state index >= 15 is 0 Å². The van der Waals surface area contributed by atoms with E-state index in [1.807, 2.05) is 0 Å². The topological polar surface area (TPSA) is 118 Å². The van der Waals surface area contributed by atoms with Gasteiger partial charge >= 0.3 is 6.03 Å². The van der Waals surface area contributed by atoms with Crippen LogP contribution in [-0.4, -0.2) is 42.2 Å². The molecule has 170 valence electrons. The first-order chi connectivity index (χ1) is 15.8. The summed E-state index contributed by atoms with van der Waals surface area (Å²) in [5.74, 6) is -0.242. The summed E-state index contributed by atoms with van der Waals surface area (Å²) in [4.78, 5) is 27.5. The van der Waals surface area contributed by atoms with Gasteiger partial charge in [-0.25, -0.2) is 17.6 Å². The van der Waals surface area contributed by atoms with E-state index in [2.05, 4.69) is 15.6 Å². The van der Waals surface area contributed by atoms with Crippen molar-refractivity contribution in [1.29, 1.82) is 0 Å². The van der Waals surface area contributed by atoms with Gasteiger partial charge in [0.1, 0.15) is 23.4 Å². The number of benzene rings is 2. The van der Waals surface area contributed by atoms with Crippen molar-refractivity contribution in [2.45, 2.75) is 17.5 Å². The summed E-state index contributed by atoms with van der Waals surface area (Å²) in [5.41, 5.74) is 0.613. The molecule has 1 unspecified atom stereocenters. The molecular formula is C22H19FN4O5S. The number of imide groups is 1. The largest absolute Gasteiger partial charge is 0.457 e. The third-order valence-electron chi connectivity index (χ3n) is 4.84. The van der Waals surface area contributed by atoms with Crippen LogP contribution in [0.5, 0.6) is 11.5 Å². The predicted molar refractivity (Wildman–Crippen MR) is 115 cm³/mol. The fraction of sp³-hybridized carbons (Fsp3) is 0.136. The molecule has 2 N–H and O–H groups in total. The highest BCUT2D eigenvalue weighted by Gasteiger charge is 2.35. The molecule has 1 aliphatic rings. The second kappa shape index (κ2) is 9.35. The fourth-order valence-electron chi connectivity index (χ4n) is 3.20. The van der Waals surface area contributed by atoms with E-state index < -0.39 is 33.8 Å². The molecule has 0 spiro atoms. The minimum absolute atomic E-state index is 0.0254. The van der Waals surface area contributed by atoms with Crippen LogP contribution in [0, 0.1) is 5.82 Å². The lowest BCUT2D eigenvalue weighted by molar-refractivity contribution is -0.120. The van der Waals surface area contributed by atoms with E-state index in [1.54, 1.807) is 18.3 Å². The van der Waals surface area contributed by atoms with Crippen molar-refractivity contribution in [3.63, 3.8) is 0 Å². The van der Waals surface area contributed by atoms with Crippen LogP contribution < -0.4 is 15.4 Å². The Labute approximate surface area is 189 Å². The molecule has 1 fully saturated rings. The van der Waals surface area contributed by atoms with Crippen LogP contribution in [0.1, 0.15) is 5.56 Å². The first-order valence-corrected chi connectivity index (χ1v) is 11.3. The van der Waals surface area contributed by atoms with Gasteiger partial charge in [-0.3, -0.25) is 15.1 Å². The lowest BCUT2D eigenvalue weighted by Crippen LogP contribution is -2.44. The number of rotatable bonds is 8. The highest BCUT2D eigenvalue weighted by molar-refractivity contribution is 7.89.